The number of piperazine rings is 1. The van der Waals surface area contributed by atoms with E-state index in [4.69, 9.17) is 15.2 Å². The highest BCUT2D eigenvalue weighted by molar-refractivity contribution is 4.66. The predicted octanol–water partition coefficient (Wildman–Crippen LogP) is 0.936. The molecular weight excluding hydrogens is 242 g/mol. The zero-order chi connectivity index (χ0) is 14.8. The fourth-order valence-electron chi connectivity index (χ4n) is 1.53. The number of nitrogens with zero attached hydrogens (tertiary/aromatic N) is 1. The lowest BCUT2D eigenvalue weighted by atomic mass is 10.4. The Labute approximate surface area is 119 Å². The second-order valence-corrected chi connectivity index (χ2v) is 3.61. The van der Waals surface area contributed by atoms with Gasteiger partial charge < -0.3 is 20.5 Å². The third-order valence-corrected chi connectivity index (χ3v) is 2.40. The fraction of sp³-hybridized carbons (Fsp3) is 1.00. The third kappa shape index (κ3) is 15.7. The summed E-state index contributed by atoms with van der Waals surface area (Å²) in [4.78, 5) is 2.41. The zero-order valence-electron chi connectivity index (χ0n) is 13.4. The van der Waals surface area contributed by atoms with E-state index < -0.39 is 0 Å². The highest BCUT2D eigenvalue weighted by Crippen LogP contribution is 1.91. The molecule has 0 atom stereocenters. The molecule has 19 heavy (non-hydrogen) atoms. The van der Waals surface area contributed by atoms with Gasteiger partial charge in [-0.25, -0.2) is 0 Å². The van der Waals surface area contributed by atoms with Crippen LogP contribution in [-0.2, 0) is 9.47 Å². The van der Waals surface area contributed by atoms with Crippen LogP contribution in [0.3, 0.4) is 0 Å². The minimum absolute atomic E-state index is 0.584. The molecule has 1 aliphatic rings. The smallest absolute Gasteiger partial charge is 0.0701 e. The molecule has 0 amide bonds. The van der Waals surface area contributed by atoms with Gasteiger partial charge in [-0.2, -0.15) is 0 Å². The lowest BCUT2D eigenvalue weighted by molar-refractivity contribution is 0.0398. The van der Waals surface area contributed by atoms with Crippen LogP contribution in [0.4, 0.5) is 0 Å². The van der Waals surface area contributed by atoms with Crippen molar-refractivity contribution in [3.05, 3.63) is 0 Å². The highest BCUT2D eigenvalue weighted by atomic mass is 16.5. The second kappa shape index (κ2) is 20.1. The molecular formula is C14H35N3O2. The number of ether oxygens (including phenoxy) is 2. The summed E-state index contributed by atoms with van der Waals surface area (Å²) in [7, 11) is 0. The Hall–Kier alpha value is -0.200. The second-order valence-electron chi connectivity index (χ2n) is 3.61. The monoisotopic (exact) mass is 277 g/mol. The van der Waals surface area contributed by atoms with Crippen LogP contribution < -0.4 is 11.1 Å². The molecule has 0 aromatic carbocycles. The van der Waals surface area contributed by atoms with Crippen molar-refractivity contribution in [2.75, 3.05) is 65.7 Å². The summed E-state index contributed by atoms with van der Waals surface area (Å²) in [5, 5.41) is 3.33. The maximum Gasteiger partial charge on any atom is 0.0701 e. The van der Waals surface area contributed by atoms with Gasteiger partial charge in [0.1, 0.15) is 0 Å². The lowest BCUT2D eigenvalue weighted by Crippen LogP contribution is -2.44. The molecule has 5 nitrogen and oxygen atoms in total. The largest absolute Gasteiger partial charge is 0.378 e. The molecule has 5 heteroatoms. The average molecular weight is 277 g/mol. The predicted molar refractivity (Wildman–Crippen MR) is 82.7 cm³/mol. The molecule has 0 unspecified atom stereocenters. The lowest BCUT2D eigenvalue weighted by Gasteiger charge is -2.26. The third-order valence-electron chi connectivity index (χ3n) is 2.40. The Kier molecular flexibility index (Phi) is 22.4. The SMILES string of the molecule is CC.CC.NCCOCCOCCN1CCNCC1. The van der Waals surface area contributed by atoms with Gasteiger partial charge in [0.05, 0.1) is 26.4 Å². The van der Waals surface area contributed by atoms with Gasteiger partial charge in [0.15, 0.2) is 0 Å². The van der Waals surface area contributed by atoms with Crippen molar-refractivity contribution in [1.29, 1.82) is 0 Å². The van der Waals surface area contributed by atoms with Crippen LogP contribution in [-0.4, -0.2) is 70.6 Å². The van der Waals surface area contributed by atoms with Crippen LogP contribution >= 0.6 is 0 Å². The zero-order valence-corrected chi connectivity index (χ0v) is 13.4. The van der Waals surface area contributed by atoms with E-state index in [1.54, 1.807) is 0 Å². The Balaban J connectivity index is 0. The van der Waals surface area contributed by atoms with E-state index in [-0.39, 0.29) is 0 Å². The van der Waals surface area contributed by atoms with Crippen molar-refractivity contribution in [2.24, 2.45) is 5.73 Å². The van der Waals surface area contributed by atoms with Gasteiger partial charge in [0, 0.05) is 39.3 Å². The maximum atomic E-state index is 5.46. The minimum atomic E-state index is 0.584. The molecule has 0 radical (unpaired) electrons. The Morgan fingerprint density at radius 2 is 1.42 bits per heavy atom. The standard InChI is InChI=1S/C10H23N3O2.2C2H6/c11-1-7-14-9-10-15-8-6-13-4-2-12-3-5-13;2*1-2/h12H,1-11H2;2*1-2H3. The molecule has 3 N–H and O–H groups in total. The van der Waals surface area contributed by atoms with E-state index in [0.29, 0.717) is 26.4 Å². The first kappa shape index (κ1) is 21.1. The van der Waals surface area contributed by atoms with Crippen molar-refractivity contribution in [3.8, 4) is 0 Å². The highest BCUT2D eigenvalue weighted by Gasteiger charge is 2.07. The summed E-state index contributed by atoms with van der Waals surface area (Å²) < 4.78 is 10.7. The molecule has 0 aromatic heterocycles. The Bertz CT molecular complexity index is 143. The number of nitrogens with one attached hydrogen (secondary N) is 1. The fourth-order valence-corrected chi connectivity index (χ4v) is 1.53. The van der Waals surface area contributed by atoms with Crippen LogP contribution in [0.1, 0.15) is 27.7 Å². The van der Waals surface area contributed by atoms with E-state index in [1.165, 1.54) is 0 Å². The molecule has 0 bridgehead atoms. The maximum absolute atomic E-state index is 5.46. The van der Waals surface area contributed by atoms with Crippen molar-refractivity contribution in [1.82, 2.24) is 10.2 Å². The van der Waals surface area contributed by atoms with Crippen molar-refractivity contribution in [2.45, 2.75) is 27.7 Å². The van der Waals surface area contributed by atoms with Crippen LogP contribution in [0, 0.1) is 0 Å². The van der Waals surface area contributed by atoms with Gasteiger partial charge in [0.25, 0.3) is 0 Å². The van der Waals surface area contributed by atoms with E-state index in [0.717, 1.165) is 39.3 Å². The van der Waals surface area contributed by atoms with Crippen LogP contribution in [0.2, 0.25) is 0 Å². The molecule has 0 aliphatic carbocycles. The van der Waals surface area contributed by atoms with E-state index in [9.17, 15) is 0 Å². The molecule has 0 spiro atoms. The van der Waals surface area contributed by atoms with Gasteiger partial charge >= 0.3 is 0 Å². The van der Waals surface area contributed by atoms with Crippen molar-refractivity contribution >= 4 is 0 Å². The molecule has 0 aromatic rings. The first-order valence-electron chi connectivity index (χ1n) is 7.72. The summed E-state index contributed by atoms with van der Waals surface area (Å²) in [6.07, 6.45) is 0. The van der Waals surface area contributed by atoms with Crippen LogP contribution in [0.5, 0.6) is 0 Å². The summed E-state index contributed by atoms with van der Waals surface area (Å²) in [5.74, 6) is 0. The van der Waals surface area contributed by atoms with E-state index >= 15 is 0 Å². The normalized spacial score (nSPS) is 15.0. The molecule has 1 saturated heterocycles. The van der Waals surface area contributed by atoms with Gasteiger partial charge in [-0.15, -0.1) is 0 Å². The number of hydrogen-bond acceptors (Lipinski definition) is 5. The first-order chi connectivity index (χ1) is 9.43. The molecule has 1 heterocycles. The average Bonchev–Trinajstić information content (AvgIpc) is 2.51. The van der Waals surface area contributed by atoms with Gasteiger partial charge in [-0.05, 0) is 0 Å². The first-order valence-corrected chi connectivity index (χ1v) is 7.72. The summed E-state index contributed by atoms with van der Waals surface area (Å²) in [6.45, 7) is 16.8. The van der Waals surface area contributed by atoms with Crippen molar-refractivity contribution < 1.29 is 9.47 Å². The van der Waals surface area contributed by atoms with E-state index in [2.05, 4.69) is 10.2 Å². The van der Waals surface area contributed by atoms with Gasteiger partial charge in [-0.1, -0.05) is 27.7 Å². The number of rotatable bonds is 8. The van der Waals surface area contributed by atoms with E-state index in [1.807, 2.05) is 27.7 Å². The van der Waals surface area contributed by atoms with Crippen molar-refractivity contribution in [3.63, 3.8) is 0 Å². The van der Waals surface area contributed by atoms with Crippen LogP contribution in [0.25, 0.3) is 0 Å². The van der Waals surface area contributed by atoms with Crippen LogP contribution in [0.15, 0.2) is 0 Å². The van der Waals surface area contributed by atoms with Gasteiger partial charge in [0.2, 0.25) is 0 Å². The molecule has 118 valence electrons. The Morgan fingerprint density at radius 3 is 1.95 bits per heavy atom. The summed E-state index contributed by atoms with van der Waals surface area (Å²) in [6, 6.07) is 0. The van der Waals surface area contributed by atoms with Gasteiger partial charge in [-0.3, -0.25) is 4.90 Å². The Morgan fingerprint density at radius 1 is 0.895 bits per heavy atom. The summed E-state index contributed by atoms with van der Waals surface area (Å²) >= 11 is 0. The minimum Gasteiger partial charge on any atom is -0.378 e. The molecule has 0 saturated carbocycles. The topological polar surface area (TPSA) is 59.8 Å². The quantitative estimate of drug-likeness (QED) is 0.647. The number of hydrogen-bond donors (Lipinski definition) is 2. The molecule has 1 rings (SSSR count). The molecule has 1 aliphatic heterocycles. The number of nitrogens with two attached hydrogens (primary N) is 1. The molecule has 1 fully saturated rings. The summed E-state index contributed by atoms with van der Waals surface area (Å²) in [5.41, 5.74) is 5.29.